The maximum atomic E-state index is 12.6. The van der Waals surface area contributed by atoms with Crippen molar-refractivity contribution in [3.63, 3.8) is 0 Å². The van der Waals surface area contributed by atoms with Crippen molar-refractivity contribution in [1.29, 1.82) is 0 Å². The first-order valence-corrected chi connectivity index (χ1v) is 8.62. The summed E-state index contributed by atoms with van der Waals surface area (Å²) in [4.78, 5) is 28.0. The van der Waals surface area contributed by atoms with Gasteiger partial charge in [-0.1, -0.05) is 25.2 Å². The summed E-state index contributed by atoms with van der Waals surface area (Å²) in [7, 11) is 1.52. The van der Waals surface area contributed by atoms with Gasteiger partial charge in [0.2, 0.25) is 10.6 Å². The van der Waals surface area contributed by atoms with Gasteiger partial charge in [-0.3, -0.25) is 14.9 Å². The average Bonchev–Trinajstić information content (AvgIpc) is 3.01. The van der Waals surface area contributed by atoms with Crippen LogP contribution in [0.2, 0.25) is 0 Å². The third-order valence-electron chi connectivity index (χ3n) is 3.60. The van der Waals surface area contributed by atoms with Crippen LogP contribution in [-0.4, -0.2) is 28.2 Å². The zero-order valence-corrected chi connectivity index (χ0v) is 14.9. The van der Waals surface area contributed by atoms with E-state index in [2.05, 4.69) is 34.3 Å². The van der Waals surface area contributed by atoms with E-state index in [1.54, 1.807) is 18.2 Å². The molecule has 0 saturated heterocycles. The number of benzene rings is 1. The third kappa shape index (κ3) is 3.69. The Morgan fingerprint density at radius 3 is 2.88 bits per heavy atom. The summed E-state index contributed by atoms with van der Waals surface area (Å²) in [6.45, 7) is 4.17. The van der Waals surface area contributed by atoms with Gasteiger partial charge in [-0.05, 0) is 24.1 Å². The van der Waals surface area contributed by atoms with Gasteiger partial charge >= 0.3 is 0 Å². The van der Waals surface area contributed by atoms with Gasteiger partial charge in [0.15, 0.2) is 0 Å². The van der Waals surface area contributed by atoms with Crippen LogP contribution in [0.3, 0.4) is 0 Å². The van der Waals surface area contributed by atoms with E-state index < -0.39 is 5.91 Å². The minimum Gasteiger partial charge on any atom is -0.497 e. The van der Waals surface area contributed by atoms with Crippen molar-refractivity contribution in [2.45, 2.75) is 20.3 Å². The van der Waals surface area contributed by atoms with Crippen molar-refractivity contribution in [2.75, 3.05) is 12.4 Å². The predicted octanol–water partition coefficient (Wildman–Crippen LogP) is 2.84. The second kappa shape index (κ2) is 7.02. The number of methoxy groups -OCH3 is 1. The number of ether oxygens (including phenoxy) is 1. The molecule has 1 amide bonds. The Balaban J connectivity index is 1.88. The van der Waals surface area contributed by atoms with Crippen LogP contribution in [0.25, 0.3) is 10.9 Å². The number of rotatable bonds is 5. The number of amides is 1. The molecule has 0 unspecified atom stereocenters. The van der Waals surface area contributed by atoms with Gasteiger partial charge < -0.3 is 9.72 Å². The fourth-order valence-electron chi connectivity index (χ4n) is 2.39. The van der Waals surface area contributed by atoms with E-state index in [9.17, 15) is 9.59 Å². The molecule has 2 aromatic heterocycles. The highest BCUT2D eigenvalue weighted by molar-refractivity contribution is 7.15. The normalized spacial score (nSPS) is 11.0. The monoisotopic (exact) mass is 358 g/mol. The minimum atomic E-state index is -0.516. The fraction of sp³-hybridized carbons (Fsp3) is 0.294. The van der Waals surface area contributed by atoms with E-state index in [0.29, 0.717) is 27.7 Å². The molecule has 7 nitrogen and oxygen atoms in total. The molecule has 2 N–H and O–H groups in total. The molecule has 0 fully saturated rings. The summed E-state index contributed by atoms with van der Waals surface area (Å²) < 4.78 is 5.14. The lowest BCUT2D eigenvalue weighted by molar-refractivity contribution is 0.102. The highest BCUT2D eigenvalue weighted by atomic mass is 32.1. The summed E-state index contributed by atoms with van der Waals surface area (Å²) in [5, 5.41) is 12.3. The number of pyridine rings is 1. The Labute approximate surface area is 148 Å². The number of H-pyrrole nitrogens is 1. The lowest BCUT2D eigenvalue weighted by atomic mass is 10.1. The molecule has 0 bridgehead atoms. The second-order valence-corrected chi connectivity index (χ2v) is 7.06. The van der Waals surface area contributed by atoms with E-state index >= 15 is 0 Å². The Morgan fingerprint density at radius 1 is 1.36 bits per heavy atom. The van der Waals surface area contributed by atoms with Crippen LogP contribution in [0, 0.1) is 5.92 Å². The molecule has 3 aromatic rings. The van der Waals surface area contributed by atoms with E-state index in [0.717, 1.165) is 11.4 Å². The summed E-state index contributed by atoms with van der Waals surface area (Å²) in [6.07, 6.45) is 2.20. The quantitative estimate of drug-likeness (QED) is 0.731. The van der Waals surface area contributed by atoms with Crippen molar-refractivity contribution in [2.24, 2.45) is 5.92 Å². The van der Waals surface area contributed by atoms with Gasteiger partial charge in [0.1, 0.15) is 16.3 Å². The maximum Gasteiger partial charge on any atom is 0.262 e. The summed E-state index contributed by atoms with van der Waals surface area (Å²) >= 11 is 1.31. The first-order valence-electron chi connectivity index (χ1n) is 7.81. The van der Waals surface area contributed by atoms with Crippen LogP contribution in [-0.2, 0) is 6.42 Å². The zero-order valence-electron chi connectivity index (χ0n) is 14.1. The van der Waals surface area contributed by atoms with Crippen molar-refractivity contribution >= 4 is 33.3 Å². The number of hydrogen-bond donors (Lipinski definition) is 2. The number of aromatic amines is 1. The molecule has 0 atom stereocenters. The van der Waals surface area contributed by atoms with E-state index in [-0.39, 0.29) is 11.0 Å². The molecule has 1 aromatic carbocycles. The number of nitrogens with zero attached hydrogens (tertiary/aromatic N) is 2. The Hall–Kier alpha value is -2.74. The lowest BCUT2D eigenvalue weighted by Crippen LogP contribution is -2.21. The summed E-state index contributed by atoms with van der Waals surface area (Å²) in [6, 6.07) is 5.09. The van der Waals surface area contributed by atoms with E-state index in [1.807, 2.05) is 0 Å². The van der Waals surface area contributed by atoms with Crippen LogP contribution in [0.15, 0.2) is 29.2 Å². The summed E-state index contributed by atoms with van der Waals surface area (Å²) in [5.41, 5.74) is 0.288. The molecule has 0 aliphatic rings. The number of fused-ring (bicyclic) bond motifs is 1. The molecule has 8 heteroatoms. The molecular weight excluding hydrogens is 340 g/mol. The first kappa shape index (κ1) is 17.1. The van der Waals surface area contributed by atoms with E-state index in [1.165, 1.54) is 24.6 Å². The molecule has 25 heavy (non-hydrogen) atoms. The Morgan fingerprint density at radius 2 is 2.16 bits per heavy atom. The molecule has 0 spiro atoms. The number of aromatic nitrogens is 3. The molecule has 0 saturated carbocycles. The highest BCUT2D eigenvalue weighted by Crippen LogP contribution is 2.20. The second-order valence-electron chi connectivity index (χ2n) is 6.00. The first-order chi connectivity index (χ1) is 12.0. The number of hydrogen-bond acceptors (Lipinski definition) is 6. The van der Waals surface area contributed by atoms with Crippen LogP contribution in [0.4, 0.5) is 5.13 Å². The number of anilines is 1. The minimum absolute atomic E-state index is 0.0152. The zero-order chi connectivity index (χ0) is 18.0. The smallest absolute Gasteiger partial charge is 0.262 e. The molecular formula is C17H18N4O3S. The maximum absolute atomic E-state index is 12.6. The van der Waals surface area contributed by atoms with Crippen LogP contribution >= 0.6 is 11.3 Å². The third-order valence-corrected chi connectivity index (χ3v) is 4.46. The SMILES string of the molecule is COc1ccc2[nH]cc(C(=O)Nc3nnc(CC(C)C)s3)c(=O)c2c1. The van der Waals surface area contributed by atoms with Crippen LogP contribution < -0.4 is 15.5 Å². The number of carbonyl (C=O) groups is 1. The van der Waals surface area contributed by atoms with Gasteiger partial charge in [-0.25, -0.2) is 0 Å². The largest absolute Gasteiger partial charge is 0.497 e. The highest BCUT2D eigenvalue weighted by Gasteiger charge is 2.16. The van der Waals surface area contributed by atoms with Gasteiger partial charge in [-0.15, -0.1) is 10.2 Å². The molecule has 2 heterocycles. The van der Waals surface area contributed by atoms with Crippen molar-refractivity contribution in [3.8, 4) is 5.75 Å². The topological polar surface area (TPSA) is 97.0 Å². The Bertz CT molecular complexity index is 977. The average molecular weight is 358 g/mol. The standard InChI is InChI=1S/C17H18N4O3S/c1-9(2)6-14-20-21-17(25-14)19-16(23)12-8-18-13-5-4-10(24-3)7-11(13)15(12)22/h4-5,7-9H,6H2,1-3H3,(H,18,22)(H,19,21,23). The number of carbonyl (C=O) groups excluding carboxylic acids is 1. The Kier molecular flexibility index (Phi) is 4.80. The lowest BCUT2D eigenvalue weighted by Gasteiger charge is -2.05. The van der Waals surface area contributed by atoms with Gasteiger partial charge in [0.25, 0.3) is 5.91 Å². The van der Waals surface area contributed by atoms with Crippen LogP contribution in [0.5, 0.6) is 5.75 Å². The molecule has 3 rings (SSSR count). The van der Waals surface area contributed by atoms with Crippen molar-refractivity contribution in [1.82, 2.24) is 15.2 Å². The molecule has 0 aliphatic heterocycles. The molecule has 0 radical (unpaired) electrons. The van der Waals surface area contributed by atoms with Gasteiger partial charge in [0, 0.05) is 23.5 Å². The molecule has 130 valence electrons. The van der Waals surface area contributed by atoms with Gasteiger partial charge in [-0.2, -0.15) is 0 Å². The van der Waals surface area contributed by atoms with E-state index in [4.69, 9.17) is 4.74 Å². The van der Waals surface area contributed by atoms with Crippen molar-refractivity contribution < 1.29 is 9.53 Å². The summed E-state index contributed by atoms with van der Waals surface area (Å²) in [5.74, 6) is 0.492. The van der Waals surface area contributed by atoms with Crippen LogP contribution in [0.1, 0.15) is 29.2 Å². The number of nitrogens with one attached hydrogen (secondary N) is 2. The predicted molar refractivity (Wildman–Crippen MR) is 97.5 cm³/mol. The van der Waals surface area contributed by atoms with Gasteiger partial charge in [0.05, 0.1) is 7.11 Å². The fourth-order valence-corrected chi connectivity index (χ4v) is 3.34. The molecule has 0 aliphatic carbocycles. The van der Waals surface area contributed by atoms with Crippen molar-refractivity contribution in [3.05, 3.63) is 45.2 Å².